The van der Waals surface area contributed by atoms with Crippen molar-refractivity contribution in [2.75, 3.05) is 0 Å². The fourth-order valence-corrected chi connectivity index (χ4v) is 4.30. The van der Waals surface area contributed by atoms with Gasteiger partial charge in [-0.25, -0.2) is 0 Å². The van der Waals surface area contributed by atoms with E-state index in [0.717, 1.165) is 0 Å². The maximum absolute atomic E-state index is 3.68. The van der Waals surface area contributed by atoms with Crippen molar-refractivity contribution in [3.05, 3.63) is 81.8 Å². The second-order valence-electron chi connectivity index (χ2n) is 5.52. The molecular weight excluding hydrogens is 308 g/mol. The van der Waals surface area contributed by atoms with E-state index < -0.39 is 0 Å². The third-order valence-electron chi connectivity index (χ3n) is 4.56. The highest BCUT2D eigenvalue weighted by atomic mass is 79.9. The summed E-state index contributed by atoms with van der Waals surface area (Å²) in [4.78, 5) is 0. The summed E-state index contributed by atoms with van der Waals surface area (Å²) < 4.78 is 1.17. The van der Waals surface area contributed by atoms with Crippen LogP contribution in [0.3, 0.4) is 0 Å². The quantitative estimate of drug-likeness (QED) is 0.349. The molecule has 0 aliphatic heterocycles. The normalized spacial score (nSPS) is 14.1. The minimum Gasteiger partial charge on any atom is -0.0619 e. The van der Waals surface area contributed by atoms with Gasteiger partial charge in [0.05, 0.1) is 0 Å². The summed E-state index contributed by atoms with van der Waals surface area (Å²) in [6.07, 6.45) is 0. The molecule has 0 amide bonds. The smallest absolute Gasteiger partial charge is 0.0364 e. The highest BCUT2D eigenvalue weighted by molar-refractivity contribution is 9.10. The average molecular weight is 319 g/mol. The molecule has 0 N–H and O–H groups in total. The van der Waals surface area contributed by atoms with Crippen LogP contribution in [0.15, 0.2) is 65.1 Å². The molecule has 2 aliphatic carbocycles. The zero-order valence-corrected chi connectivity index (χ0v) is 12.3. The second kappa shape index (κ2) is 3.62. The van der Waals surface area contributed by atoms with Gasteiger partial charge in [-0.3, -0.25) is 0 Å². The third-order valence-corrected chi connectivity index (χ3v) is 5.02. The van der Waals surface area contributed by atoms with E-state index in [9.17, 15) is 0 Å². The van der Waals surface area contributed by atoms with Crippen LogP contribution >= 0.6 is 15.9 Å². The molecule has 0 spiro atoms. The molecule has 0 saturated carbocycles. The van der Waals surface area contributed by atoms with Crippen LogP contribution in [0.4, 0.5) is 0 Å². The molecule has 1 heteroatoms. The maximum Gasteiger partial charge on any atom is 0.0364 e. The predicted molar refractivity (Wildman–Crippen MR) is 86.0 cm³/mol. The van der Waals surface area contributed by atoms with Crippen LogP contribution in [0.5, 0.6) is 0 Å². The number of halogens is 1. The van der Waals surface area contributed by atoms with Gasteiger partial charge in [-0.1, -0.05) is 64.5 Å². The molecule has 3 aromatic carbocycles. The van der Waals surface area contributed by atoms with Crippen molar-refractivity contribution >= 4 is 15.9 Å². The van der Waals surface area contributed by atoms with Gasteiger partial charge in [0.15, 0.2) is 0 Å². The molecule has 0 fully saturated rings. The molecule has 0 unspecified atom stereocenters. The van der Waals surface area contributed by atoms with Crippen LogP contribution in [0.25, 0.3) is 22.3 Å². The van der Waals surface area contributed by atoms with Crippen molar-refractivity contribution < 1.29 is 0 Å². The maximum atomic E-state index is 3.68. The van der Waals surface area contributed by atoms with E-state index in [4.69, 9.17) is 0 Å². The fourth-order valence-electron chi connectivity index (χ4n) is 3.84. The Balaban J connectivity index is 1.99. The minimum absolute atomic E-state index is 0.431. The molecule has 3 aromatic rings. The van der Waals surface area contributed by atoms with E-state index >= 15 is 0 Å². The first-order valence-corrected chi connectivity index (χ1v) is 7.66. The molecule has 0 bridgehead atoms. The first-order valence-electron chi connectivity index (χ1n) is 6.86. The van der Waals surface area contributed by atoms with E-state index in [0.29, 0.717) is 5.92 Å². The topological polar surface area (TPSA) is 0 Å². The van der Waals surface area contributed by atoms with Crippen LogP contribution in [0, 0.1) is 0 Å². The van der Waals surface area contributed by atoms with Gasteiger partial charge in [0, 0.05) is 10.4 Å². The van der Waals surface area contributed by atoms with Gasteiger partial charge in [-0.2, -0.15) is 0 Å². The molecule has 0 saturated heterocycles. The summed E-state index contributed by atoms with van der Waals surface area (Å²) in [5.41, 5.74) is 9.97. The molecule has 20 heavy (non-hydrogen) atoms. The summed E-state index contributed by atoms with van der Waals surface area (Å²) in [6.45, 7) is 0. The standard InChI is InChI=1S/C19H11Br/c20-11-9-16-12-5-1-3-7-14(12)18-15-8-4-2-6-13(15)17(10-11)19(16)18/h1-10,18H. The van der Waals surface area contributed by atoms with Gasteiger partial charge in [-0.05, 0) is 51.1 Å². The molecule has 0 radical (unpaired) electrons. The van der Waals surface area contributed by atoms with Gasteiger partial charge in [0.2, 0.25) is 0 Å². The number of hydrogen-bond acceptors (Lipinski definition) is 0. The Bertz CT molecular complexity index is 808. The summed E-state index contributed by atoms with van der Waals surface area (Å²) in [5.74, 6) is 0.431. The number of rotatable bonds is 0. The lowest BCUT2D eigenvalue weighted by molar-refractivity contribution is 1.05. The first kappa shape index (κ1) is 10.9. The minimum atomic E-state index is 0.431. The molecule has 2 aliphatic rings. The predicted octanol–water partition coefficient (Wildman–Crippen LogP) is 5.59. The van der Waals surface area contributed by atoms with Crippen LogP contribution in [-0.2, 0) is 0 Å². The van der Waals surface area contributed by atoms with Gasteiger partial charge >= 0.3 is 0 Å². The summed E-state index contributed by atoms with van der Waals surface area (Å²) in [6, 6.07) is 22.2. The van der Waals surface area contributed by atoms with Gasteiger partial charge in [0.1, 0.15) is 0 Å². The average Bonchev–Trinajstić information content (AvgIpc) is 2.98. The number of fused-ring (bicyclic) bond motifs is 6. The molecule has 0 atom stereocenters. The number of benzene rings is 3. The molecule has 5 rings (SSSR count). The SMILES string of the molecule is Brc1cc2c3c(c1)-c1ccccc1C3c1ccccc1-2. The highest BCUT2D eigenvalue weighted by Gasteiger charge is 2.38. The van der Waals surface area contributed by atoms with E-state index in [-0.39, 0.29) is 0 Å². The van der Waals surface area contributed by atoms with E-state index in [2.05, 4.69) is 76.6 Å². The molecule has 0 nitrogen and oxygen atoms in total. The van der Waals surface area contributed by atoms with Crippen molar-refractivity contribution in [1.82, 2.24) is 0 Å². The van der Waals surface area contributed by atoms with Crippen LogP contribution in [0.1, 0.15) is 22.6 Å². The van der Waals surface area contributed by atoms with Crippen LogP contribution < -0.4 is 0 Å². The lowest BCUT2D eigenvalue weighted by atomic mass is 9.93. The van der Waals surface area contributed by atoms with E-state index in [1.807, 2.05) is 0 Å². The Labute approximate surface area is 126 Å². The summed E-state index contributed by atoms with van der Waals surface area (Å²) in [7, 11) is 0. The van der Waals surface area contributed by atoms with Crippen molar-refractivity contribution in [1.29, 1.82) is 0 Å². The van der Waals surface area contributed by atoms with Crippen LogP contribution in [0.2, 0.25) is 0 Å². The van der Waals surface area contributed by atoms with Crippen molar-refractivity contribution in [3.63, 3.8) is 0 Å². The van der Waals surface area contributed by atoms with Crippen LogP contribution in [-0.4, -0.2) is 0 Å². The van der Waals surface area contributed by atoms with Crippen molar-refractivity contribution in [2.45, 2.75) is 5.92 Å². The molecule has 94 valence electrons. The van der Waals surface area contributed by atoms with Gasteiger partial charge in [-0.15, -0.1) is 0 Å². The Kier molecular flexibility index (Phi) is 1.97. The lowest BCUT2D eigenvalue weighted by Gasteiger charge is -2.09. The lowest BCUT2D eigenvalue weighted by Crippen LogP contribution is -1.93. The highest BCUT2D eigenvalue weighted by Crippen LogP contribution is 2.58. The zero-order valence-electron chi connectivity index (χ0n) is 10.7. The Hall–Kier alpha value is -1.86. The first-order chi connectivity index (χ1) is 9.84. The molecular formula is C19H11Br. The molecule has 0 heterocycles. The number of hydrogen-bond donors (Lipinski definition) is 0. The summed E-state index contributed by atoms with van der Waals surface area (Å²) >= 11 is 3.68. The Morgan fingerprint density at radius 1 is 0.650 bits per heavy atom. The monoisotopic (exact) mass is 318 g/mol. The summed E-state index contributed by atoms with van der Waals surface area (Å²) in [5, 5.41) is 0. The van der Waals surface area contributed by atoms with E-state index in [1.54, 1.807) is 0 Å². The van der Waals surface area contributed by atoms with Crippen molar-refractivity contribution in [2.24, 2.45) is 0 Å². The third kappa shape index (κ3) is 1.17. The second-order valence-corrected chi connectivity index (χ2v) is 6.44. The largest absolute Gasteiger partial charge is 0.0619 e. The fraction of sp³-hybridized carbons (Fsp3) is 0.0526. The molecule has 0 aromatic heterocycles. The van der Waals surface area contributed by atoms with E-state index in [1.165, 1.54) is 43.4 Å². The Morgan fingerprint density at radius 3 is 1.70 bits per heavy atom. The zero-order chi connectivity index (χ0) is 13.3. The van der Waals surface area contributed by atoms with Gasteiger partial charge < -0.3 is 0 Å². The van der Waals surface area contributed by atoms with Crippen molar-refractivity contribution in [3.8, 4) is 22.3 Å². The van der Waals surface area contributed by atoms with Gasteiger partial charge in [0.25, 0.3) is 0 Å². The Morgan fingerprint density at radius 2 is 1.15 bits per heavy atom.